The first-order valence-electron chi connectivity index (χ1n) is 5.19. The second kappa shape index (κ2) is 6.36. The van der Waals surface area contributed by atoms with Crippen molar-refractivity contribution < 1.29 is 14.3 Å². The third-order valence-electron chi connectivity index (χ3n) is 1.71. The summed E-state index contributed by atoms with van der Waals surface area (Å²) in [4.78, 5) is 26.6. The molecule has 0 aliphatic rings. The first-order valence-corrected chi connectivity index (χ1v) is 6.88. The van der Waals surface area contributed by atoms with E-state index in [1.807, 2.05) is 0 Å². The summed E-state index contributed by atoms with van der Waals surface area (Å²) in [6.07, 6.45) is -0.623. The average Bonchev–Trinajstić information content (AvgIpc) is 2.63. The van der Waals surface area contributed by atoms with E-state index in [4.69, 9.17) is 27.9 Å². The molecule has 0 aromatic carbocycles. The lowest BCUT2D eigenvalue weighted by Crippen LogP contribution is -2.27. The van der Waals surface area contributed by atoms with Crippen LogP contribution >= 0.6 is 34.5 Å². The Morgan fingerprint density at radius 2 is 2.11 bits per heavy atom. The lowest BCUT2D eigenvalue weighted by molar-refractivity contribution is -0.106. The maximum Gasteiger partial charge on any atom is 0.413 e. The lowest BCUT2D eigenvalue weighted by Gasteiger charge is -2.18. The van der Waals surface area contributed by atoms with Crippen LogP contribution in [0.1, 0.15) is 26.5 Å². The number of hydrogen-bond acceptors (Lipinski definition) is 5. The van der Waals surface area contributed by atoms with Gasteiger partial charge in [-0.15, -0.1) is 11.3 Å². The van der Waals surface area contributed by atoms with E-state index in [9.17, 15) is 9.59 Å². The van der Waals surface area contributed by atoms with Crippen molar-refractivity contribution >= 4 is 56.6 Å². The van der Waals surface area contributed by atoms with Gasteiger partial charge in [0.2, 0.25) is 0 Å². The van der Waals surface area contributed by atoms with E-state index < -0.39 is 16.9 Å². The molecule has 1 aromatic rings. The van der Waals surface area contributed by atoms with E-state index in [-0.39, 0.29) is 10.7 Å². The van der Waals surface area contributed by atoms with Crippen LogP contribution in [0.4, 0.5) is 9.93 Å². The number of aromatic nitrogens is 1. The number of nitrogens with zero attached hydrogens (tertiary/aromatic N) is 1. The number of nitrogens with one attached hydrogen (secondary N) is 1. The van der Waals surface area contributed by atoms with Crippen molar-refractivity contribution in [3.8, 4) is 0 Å². The van der Waals surface area contributed by atoms with Crippen molar-refractivity contribution in [1.29, 1.82) is 0 Å². The van der Waals surface area contributed by atoms with Gasteiger partial charge in [-0.05, 0) is 32.4 Å². The van der Waals surface area contributed by atoms with E-state index in [1.54, 1.807) is 26.2 Å². The number of ether oxygens (including phenoxy) is 1. The highest BCUT2D eigenvalue weighted by Gasteiger charge is 2.18. The molecule has 5 nitrogen and oxygen atoms in total. The maximum atomic E-state index is 11.5. The second-order valence-corrected chi connectivity index (χ2v) is 5.88. The van der Waals surface area contributed by atoms with Crippen LogP contribution in [0.3, 0.4) is 0 Å². The molecule has 1 aromatic heterocycles. The fourth-order valence-corrected chi connectivity index (χ4v) is 2.16. The predicted molar refractivity (Wildman–Crippen MR) is 76.7 cm³/mol. The average molecular weight is 323 g/mol. The van der Waals surface area contributed by atoms with Crippen molar-refractivity contribution in [1.82, 2.24) is 4.98 Å². The molecule has 104 valence electrons. The highest BCUT2D eigenvalue weighted by Crippen LogP contribution is 2.24. The molecule has 0 aliphatic carbocycles. The van der Waals surface area contributed by atoms with Crippen LogP contribution in [-0.4, -0.2) is 21.9 Å². The molecule has 1 amide bonds. The Balaban J connectivity index is 2.76. The maximum absolute atomic E-state index is 11.5. The van der Waals surface area contributed by atoms with Gasteiger partial charge in [-0.3, -0.25) is 10.1 Å². The third kappa shape index (κ3) is 5.18. The molecule has 0 saturated heterocycles. The minimum Gasteiger partial charge on any atom is -0.444 e. The van der Waals surface area contributed by atoms with Crippen molar-refractivity contribution in [2.24, 2.45) is 0 Å². The van der Waals surface area contributed by atoms with Crippen molar-refractivity contribution in [3.05, 3.63) is 16.6 Å². The summed E-state index contributed by atoms with van der Waals surface area (Å²) in [5.74, 6) is 0. The second-order valence-electron chi connectivity index (χ2n) is 4.46. The van der Waals surface area contributed by atoms with Crippen LogP contribution in [0.5, 0.6) is 0 Å². The SMILES string of the molecule is CC(C)(C)OC(=O)Nc1nc(/C(=C\Cl)C(=O)Cl)cs1. The minimum absolute atomic E-state index is 0.0665. The molecule has 1 rings (SSSR count). The van der Waals surface area contributed by atoms with Gasteiger partial charge in [-0.25, -0.2) is 9.78 Å². The van der Waals surface area contributed by atoms with Crippen LogP contribution in [0, 0.1) is 0 Å². The number of carbonyl (C=O) groups excluding carboxylic acids is 2. The fourth-order valence-electron chi connectivity index (χ4n) is 1.05. The fraction of sp³-hybridized carbons (Fsp3) is 0.364. The molecular formula is C11H12Cl2N2O3S. The number of hydrogen-bond donors (Lipinski definition) is 1. The van der Waals surface area contributed by atoms with Crippen LogP contribution < -0.4 is 5.32 Å². The zero-order valence-corrected chi connectivity index (χ0v) is 12.8. The summed E-state index contributed by atoms with van der Waals surface area (Å²) in [6, 6.07) is 0. The molecule has 0 spiro atoms. The Labute approximate surface area is 124 Å². The molecule has 0 saturated carbocycles. The van der Waals surface area contributed by atoms with Gasteiger partial charge >= 0.3 is 6.09 Å². The first-order chi connectivity index (χ1) is 8.73. The van der Waals surface area contributed by atoms with Crippen molar-refractivity contribution in [2.45, 2.75) is 26.4 Å². The normalized spacial score (nSPS) is 12.2. The zero-order valence-electron chi connectivity index (χ0n) is 10.5. The first kappa shape index (κ1) is 15.9. The minimum atomic E-state index is -0.718. The Morgan fingerprint density at radius 3 is 2.58 bits per heavy atom. The van der Waals surface area contributed by atoms with Gasteiger partial charge in [0.1, 0.15) is 5.60 Å². The Bertz CT molecular complexity index is 520. The summed E-state index contributed by atoms with van der Waals surface area (Å²) in [5, 5.41) is 3.59. The van der Waals surface area contributed by atoms with E-state index in [0.29, 0.717) is 5.69 Å². The van der Waals surface area contributed by atoms with Gasteiger partial charge in [0.15, 0.2) is 5.13 Å². The van der Waals surface area contributed by atoms with Crippen LogP contribution in [-0.2, 0) is 9.53 Å². The number of amides is 1. The number of allylic oxidation sites excluding steroid dienone is 1. The van der Waals surface area contributed by atoms with Gasteiger partial charge in [-0.2, -0.15) is 0 Å². The molecule has 0 fully saturated rings. The summed E-state index contributed by atoms with van der Waals surface area (Å²) in [6.45, 7) is 5.25. The quantitative estimate of drug-likeness (QED) is 0.678. The van der Waals surface area contributed by atoms with Gasteiger partial charge in [0.05, 0.1) is 11.3 Å². The summed E-state index contributed by atoms with van der Waals surface area (Å²) >= 11 is 12.0. The molecule has 8 heteroatoms. The molecule has 1 N–H and O–H groups in total. The molecule has 0 unspecified atom stereocenters. The standard InChI is InChI=1S/C11H12Cl2N2O3S/c1-11(2,3)18-10(17)15-9-14-7(5-19-9)6(4-12)8(13)16/h4-5H,1-3H3,(H,14,15,17)/b6-4+. The predicted octanol–water partition coefficient (Wildman–Crippen LogP) is 3.84. The number of thiazole rings is 1. The van der Waals surface area contributed by atoms with Crippen molar-refractivity contribution in [2.75, 3.05) is 5.32 Å². The topological polar surface area (TPSA) is 68.3 Å². The van der Waals surface area contributed by atoms with Gasteiger partial charge in [-0.1, -0.05) is 11.6 Å². The van der Waals surface area contributed by atoms with E-state index in [2.05, 4.69) is 10.3 Å². The van der Waals surface area contributed by atoms with E-state index in [0.717, 1.165) is 16.9 Å². The Hall–Kier alpha value is -1.11. The van der Waals surface area contributed by atoms with Gasteiger partial charge < -0.3 is 4.74 Å². The number of carbonyl (C=O) groups is 2. The van der Waals surface area contributed by atoms with Crippen LogP contribution in [0.25, 0.3) is 5.57 Å². The molecule has 0 atom stereocenters. The highest BCUT2D eigenvalue weighted by molar-refractivity contribution is 7.14. The third-order valence-corrected chi connectivity index (χ3v) is 2.89. The number of halogens is 2. The molecular weight excluding hydrogens is 311 g/mol. The molecule has 19 heavy (non-hydrogen) atoms. The van der Waals surface area contributed by atoms with Gasteiger partial charge in [0.25, 0.3) is 5.24 Å². The van der Waals surface area contributed by atoms with Crippen LogP contribution in [0.2, 0.25) is 0 Å². The molecule has 0 radical (unpaired) electrons. The summed E-state index contributed by atoms with van der Waals surface area (Å²) in [7, 11) is 0. The Kier molecular flexibility index (Phi) is 5.34. The summed E-state index contributed by atoms with van der Waals surface area (Å²) in [5.41, 5.74) is 0.807. The summed E-state index contributed by atoms with van der Waals surface area (Å²) < 4.78 is 5.07. The van der Waals surface area contributed by atoms with Crippen LogP contribution in [0.15, 0.2) is 10.9 Å². The van der Waals surface area contributed by atoms with Crippen molar-refractivity contribution in [3.63, 3.8) is 0 Å². The zero-order chi connectivity index (χ0) is 14.6. The Morgan fingerprint density at radius 1 is 1.47 bits per heavy atom. The van der Waals surface area contributed by atoms with E-state index in [1.165, 1.54) is 0 Å². The van der Waals surface area contributed by atoms with E-state index >= 15 is 0 Å². The monoisotopic (exact) mass is 322 g/mol. The number of rotatable bonds is 3. The largest absolute Gasteiger partial charge is 0.444 e. The lowest BCUT2D eigenvalue weighted by atomic mass is 10.2. The molecule has 0 aliphatic heterocycles. The highest BCUT2D eigenvalue weighted by atomic mass is 35.5. The smallest absolute Gasteiger partial charge is 0.413 e. The molecule has 0 bridgehead atoms. The molecule has 1 heterocycles. The number of anilines is 1. The van der Waals surface area contributed by atoms with Gasteiger partial charge in [0, 0.05) is 10.9 Å².